The van der Waals surface area contributed by atoms with Crippen molar-refractivity contribution in [1.82, 2.24) is 0 Å². The summed E-state index contributed by atoms with van der Waals surface area (Å²) in [6.45, 7) is 4.12. The van der Waals surface area contributed by atoms with Gasteiger partial charge in [-0.2, -0.15) is 0 Å². The van der Waals surface area contributed by atoms with E-state index in [2.05, 4.69) is 0 Å². The van der Waals surface area contributed by atoms with Gasteiger partial charge >= 0.3 is 7.60 Å². The summed E-state index contributed by atoms with van der Waals surface area (Å²) in [6.07, 6.45) is 1.83. The standard InChI is InChI=1S/C10H20FO3P/c1-3-13-15(12,14-4-2)10-8-6-5-7-9(10)11/h9-10H,3-8H2,1-2H3. The minimum absolute atomic E-state index is 0.306. The molecule has 15 heavy (non-hydrogen) atoms. The van der Waals surface area contributed by atoms with E-state index in [0.29, 0.717) is 26.1 Å². The maximum Gasteiger partial charge on any atom is 0.336 e. The molecule has 5 heteroatoms. The smallest absolute Gasteiger partial charge is 0.309 e. The van der Waals surface area contributed by atoms with Crippen molar-refractivity contribution in [2.45, 2.75) is 51.4 Å². The summed E-state index contributed by atoms with van der Waals surface area (Å²) < 4.78 is 36.3. The molecule has 1 aliphatic rings. The van der Waals surface area contributed by atoms with E-state index in [1.54, 1.807) is 13.8 Å². The van der Waals surface area contributed by atoms with Crippen LogP contribution in [0, 0.1) is 0 Å². The van der Waals surface area contributed by atoms with Crippen molar-refractivity contribution < 1.29 is 18.0 Å². The second-order valence-electron chi connectivity index (χ2n) is 3.74. The van der Waals surface area contributed by atoms with Crippen molar-refractivity contribution in [3.05, 3.63) is 0 Å². The highest BCUT2D eigenvalue weighted by molar-refractivity contribution is 7.54. The van der Waals surface area contributed by atoms with Gasteiger partial charge in [-0.3, -0.25) is 4.57 Å². The molecule has 0 heterocycles. The summed E-state index contributed by atoms with van der Waals surface area (Å²) in [6, 6.07) is 0. The maximum absolute atomic E-state index is 13.7. The Labute approximate surface area is 90.9 Å². The molecular weight excluding hydrogens is 218 g/mol. The van der Waals surface area contributed by atoms with Crippen LogP contribution in [-0.4, -0.2) is 25.0 Å². The molecule has 0 aromatic heterocycles. The SMILES string of the molecule is CCOP(=O)(OCC)C1CCCCC1F. The molecule has 2 unspecified atom stereocenters. The van der Waals surface area contributed by atoms with Crippen LogP contribution in [0.25, 0.3) is 0 Å². The molecule has 0 aromatic rings. The van der Waals surface area contributed by atoms with E-state index in [-0.39, 0.29) is 0 Å². The van der Waals surface area contributed by atoms with Gasteiger partial charge in [0.2, 0.25) is 0 Å². The van der Waals surface area contributed by atoms with Crippen LogP contribution in [0.3, 0.4) is 0 Å². The zero-order valence-electron chi connectivity index (χ0n) is 9.45. The molecule has 90 valence electrons. The average Bonchev–Trinajstić information content (AvgIpc) is 2.19. The van der Waals surface area contributed by atoms with Gasteiger partial charge in [0.25, 0.3) is 0 Å². The van der Waals surface area contributed by atoms with Crippen LogP contribution in [0.5, 0.6) is 0 Å². The monoisotopic (exact) mass is 238 g/mol. The lowest BCUT2D eigenvalue weighted by Gasteiger charge is -2.31. The quantitative estimate of drug-likeness (QED) is 0.687. The van der Waals surface area contributed by atoms with Crippen LogP contribution < -0.4 is 0 Å². The molecule has 0 radical (unpaired) electrons. The highest BCUT2D eigenvalue weighted by Crippen LogP contribution is 2.57. The van der Waals surface area contributed by atoms with Crippen LogP contribution >= 0.6 is 7.60 Å². The van der Waals surface area contributed by atoms with Crippen LogP contribution in [0.15, 0.2) is 0 Å². The van der Waals surface area contributed by atoms with E-state index in [1.807, 2.05) is 0 Å². The summed E-state index contributed by atoms with van der Waals surface area (Å²) in [4.78, 5) is 0. The van der Waals surface area contributed by atoms with E-state index in [1.165, 1.54) is 0 Å². The fourth-order valence-corrected chi connectivity index (χ4v) is 4.23. The summed E-state index contributed by atoms with van der Waals surface area (Å²) in [5, 5.41) is 0. The third-order valence-electron chi connectivity index (χ3n) is 2.67. The van der Waals surface area contributed by atoms with Gasteiger partial charge in [-0.1, -0.05) is 12.8 Å². The van der Waals surface area contributed by atoms with Gasteiger partial charge in [0, 0.05) is 0 Å². The summed E-state index contributed by atoms with van der Waals surface area (Å²) in [5.74, 6) is 0. The third-order valence-corrected chi connectivity index (χ3v) is 5.30. The van der Waals surface area contributed by atoms with Gasteiger partial charge in [0.05, 0.1) is 18.9 Å². The van der Waals surface area contributed by atoms with E-state index in [9.17, 15) is 8.96 Å². The Morgan fingerprint density at radius 3 is 2.20 bits per heavy atom. The van der Waals surface area contributed by atoms with Crippen molar-refractivity contribution in [2.24, 2.45) is 0 Å². The number of alkyl halides is 1. The molecule has 0 spiro atoms. The number of halogens is 1. The molecular formula is C10H20FO3P. The molecule has 0 saturated heterocycles. The summed E-state index contributed by atoms with van der Waals surface area (Å²) in [5.41, 5.74) is -0.550. The first-order chi connectivity index (χ1) is 7.14. The van der Waals surface area contributed by atoms with Crippen molar-refractivity contribution in [1.29, 1.82) is 0 Å². The first-order valence-electron chi connectivity index (χ1n) is 5.67. The minimum Gasteiger partial charge on any atom is -0.309 e. The van der Waals surface area contributed by atoms with Crippen molar-refractivity contribution in [2.75, 3.05) is 13.2 Å². The molecule has 0 bridgehead atoms. The van der Waals surface area contributed by atoms with Crippen molar-refractivity contribution >= 4 is 7.60 Å². The lowest BCUT2D eigenvalue weighted by Crippen LogP contribution is -2.28. The fraction of sp³-hybridized carbons (Fsp3) is 1.00. The average molecular weight is 238 g/mol. The minimum atomic E-state index is -3.23. The highest BCUT2D eigenvalue weighted by atomic mass is 31.2. The lowest BCUT2D eigenvalue weighted by atomic mass is 9.98. The molecule has 0 aliphatic heterocycles. The Hall–Kier alpha value is 0.0800. The summed E-state index contributed by atoms with van der Waals surface area (Å²) in [7, 11) is -3.23. The second kappa shape index (κ2) is 5.97. The number of hydrogen-bond acceptors (Lipinski definition) is 3. The molecule has 1 aliphatic carbocycles. The van der Waals surface area contributed by atoms with E-state index in [0.717, 1.165) is 12.8 Å². The number of hydrogen-bond donors (Lipinski definition) is 0. The van der Waals surface area contributed by atoms with E-state index in [4.69, 9.17) is 9.05 Å². The van der Waals surface area contributed by atoms with Gasteiger partial charge in [-0.15, -0.1) is 0 Å². The van der Waals surface area contributed by atoms with Crippen LogP contribution in [0.1, 0.15) is 39.5 Å². The Morgan fingerprint density at radius 2 is 1.73 bits per heavy atom. The molecule has 0 N–H and O–H groups in total. The molecule has 1 rings (SSSR count). The predicted octanol–water partition coefficient (Wildman–Crippen LogP) is 3.53. The molecule has 1 fully saturated rings. The van der Waals surface area contributed by atoms with Crippen molar-refractivity contribution in [3.8, 4) is 0 Å². The van der Waals surface area contributed by atoms with Crippen LogP contribution in [0.4, 0.5) is 4.39 Å². The van der Waals surface area contributed by atoms with E-state index < -0.39 is 19.4 Å². The Morgan fingerprint density at radius 1 is 1.20 bits per heavy atom. The molecule has 0 amide bonds. The molecule has 3 nitrogen and oxygen atoms in total. The Bertz CT molecular complexity index is 225. The zero-order chi connectivity index (χ0) is 11.3. The molecule has 0 aromatic carbocycles. The predicted molar refractivity (Wildman–Crippen MR) is 58.0 cm³/mol. The van der Waals surface area contributed by atoms with Gasteiger partial charge < -0.3 is 9.05 Å². The fourth-order valence-electron chi connectivity index (χ4n) is 2.01. The van der Waals surface area contributed by atoms with Gasteiger partial charge in [-0.05, 0) is 26.7 Å². The number of rotatable bonds is 5. The normalized spacial score (nSPS) is 27.9. The van der Waals surface area contributed by atoms with E-state index >= 15 is 0 Å². The first kappa shape index (κ1) is 13.1. The topological polar surface area (TPSA) is 35.5 Å². The highest BCUT2D eigenvalue weighted by Gasteiger charge is 2.42. The molecule has 2 atom stereocenters. The third kappa shape index (κ3) is 3.27. The second-order valence-corrected chi connectivity index (χ2v) is 6.00. The Kier molecular flexibility index (Phi) is 5.24. The molecule has 1 saturated carbocycles. The van der Waals surface area contributed by atoms with Gasteiger partial charge in [0.1, 0.15) is 6.17 Å². The lowest BCUT2D eigenvalue weighted by molar-refractivity contribution is 0.174. The van der Waals surface area contributed by atoms with Gasteiger partial charge in [0.15, 0.2) is 0 Å². The van der Waals surface area contributed by atoms with Gasteiger partial charge in [-0.25, -0.2) is 4.39 Å². The zero-order valence-corrected chi connectivity index (χ0v) is 10.3. The van der Waals surface area contributed by atoms with Crippen LogP contribution in [-0.2, 0) is 13.6 Å². The van der Waals surface area contributed by atoms with Crippen LogP contribution in [0.2, 0.25) is 0 Å². The Balaban J connectivity index is 2.72. The summed E-state index contributed by atoms with van der Waals surface area (Å²) >= 11 is 0. The first-order valence-corrected chi connectivity index (χ1v) is 7.28. The maximum atomic E-state index is 13.7. The van der Waals surface area contributed by atoms with Crippen molar-refractivity contribution in [3.63, 3.8) is 0 Å². The largest absolute Gasteiger partial charge is 0.336 e.